The van der Waals surface area contributed by atoms with E-state index >= 15 is 0 Å². The van der Waals surface area contributed by atoms with E-state index in [4.69, 9.17) is 9.47 Å². The van der Waals surface area contributed by atoms with Crippen LogP contribution in [0, 0.1) is 0 Å². The minimum Gasteiger partial charge on any atom is -0.497 e. The van der Waals surface area contributed by atoms with Crippen LogP contribution in [0.5, 0.6) is 11.5 Å². The molecule has 0 heterocycles. The van der Waals surface area contributed by atoms with Gasteiger partial charge in [-0.15, -0.1) is 0 Å². The summed E-state index contributed by atoms with van der Waals surface area (Å²) < 4.78 is 45.8. The maximum atomic E-state index is 11.9. The summed E-state index contributed by atoms with van der Waals surface area (Å²) in [5.41, 5.74) is -3.53. The number of hydrogen-bond acceptors (Lipinski definition) is 4. The lowest BCUT2D eigenvalue weighted by Gasteiger charge is -2.11. The van der Waals surface area contributed by atoms with Crippen molar-refractivity contribution in [1.29, 1.82) is 0 Å². The molecule has 0 aliphatic rings. The van der Waals surface area contributed by atoms with Crippen LogP contribution >= 0.6 is 11.8 Å². The van der Waals surface area contributed by atoms with Gasteiger partial charge in [0.05, 0.1) is 14.2 Å². The number of anilines is 1. The van der Waals surface area contributed by atoms with E-state index in [1.54, 1.807) is 18.2 Å². The van der Waals surface area contributed by atoms with Crippen LogP contribution < -0.4 is 14.8 Å². The molecule has 0 amide bonds. The number of hydrogen-bond donors (Lipinski definition) is 1. The Kier molecular flexibility index (Phi) is 5.46. The molecule has 102 valence electrons. The number of benzene rings is 1. The molecule has 0 atom stereocenters. The number of thioether (sulfide) groups is 1. The molecular weight excluding hydrogens is 267 g/mol. The van der Waals surface area contributed by atoms with Gasteiger partial charge in [0.15, 0.2) is 0 Å². The quantitative estimate of drug-likeness (QED) is 0.810. The molecule has 0 radical (unpaired) electrons. The van der Waals surface area contributed by atoms with Crippen molar-refractivity contribution >= 4 is 17.4 Å². The van der Waals surface area contributed by atoms with E-state index in [2.05, 4.69) is 5.32 Å². The largest absolute Gasteiger partial charge is 0.497 e. The van der Waals surface area contributed by atoms with E-state index < -0.39 is 5.51 Å². The van der Waals surface area contributed by atoms with E-state index in [9.17, 15) is 13.2 Å². The van der Waals surface area contributed by atoms with E-state index in [-0.39, 0.29) is 24.1 Å². The first-order chi connectivity index (χ1) is 8.44. The molecule has 0 saturated carbocycles. The molecular formula is C11H14F3NO2S. The first-order valence-electron chi connectivity index (χ1n) is 5.12. The van der Waals surface area contributed by atoms with Gasteiger partial charge in [-0.25, -0.2) is 0 Å². The van der Waals surface area contributed by atoms with Crippen molar-refractivity contribution in [2.75, 3.05) is 31.8 Å². The van der Waals surface area contributed by atoms with Gasteiger partial charge in [-0.1, -0.05) is 0 Å². The van der Waals surface area contributed by atoms with Gasteiger partial charge < -0.3 is 14.8 Å². The van der Waals surface area contributed by atoms with Crippen molar-refractivity contribution in [3.8, 4) is 11.5 Å². The summed E-state index contributed by atoms with van der Waals surface area (Å²) in [7, 11) is 3.02. The van der Waals surface area contributed by atoms with E-state index in [1.165, 1.54) is 14.2 Å². The van der Waals surface area contributed by atoms with Gasteiger partial charge in [-0.2, -0.15) is 13.2 Å². The second-order valence-electron chi connectivity index (χ2n) is 3.32. The molecule has 0 fully saturated rings. The molecule has 1 N–H and O–H groups in total. The first kappa shape index (κ1) is 14.8. The summed E-state index contributed by atoms with van der Waals surface area (Å²) in [6.07, 6.45) is 0. The summed E-state index contributed by atoms with van der Waals surface area (Å²) >= 11 is -0.0523. The Bertz CT molecular complexity index is 363. The molecule has 3 nitrogen and oxygen atoms in total. The average molecular weight is 281 g/mol. The summed E-state index contributed by atoms with van der Waals surface area (Å²) in [6, 6.07) is 5.08. The van der Waals surface area contributed by atoms with Gasteiger partial charge in [-0.05, 0) is 11.8 Å². The van der Waals surface area contributed by atoms with Crippen molar-refractivity contribution in [3.05, 3.63) is 18.2 Å². The highest BCUT2D eigenvalue weighted by Gasteiger charge is 2.27. The second kappa shape index (κ2) is 6.63. The number of methoxy groups -OCH3 is 2. The lowest BCUT2D eigenvalue weighted by atomic mass is 10.3. The summed E-state index contributed by atoms with van der Waals surface area (Å²) in [6.45, 7) is 0.209. The molecule has 1 aromatic rings. The smallest absolute Gasteiger partial charge is 0.441 e. The van der Waals surface area contributed by atoms with Crippen LogP contribution in [0.2, 0.25) is 0 Å². The second-order valence-corrected chi connectivity index (χ2v) is 4.48. The lowest BCUT2D eigenvalue weighted by Crippen LogP contribution is -2.09. The Morgan fingerprint density at radius 1 is 1.11 bits per heavy atom. The van der Waals surface area contributed by atoms with Crippen molar-refractivity contribution in [3.63, 3.8) is 0 Å². The molecule has 0 aliphatic carbocycles. The fraction of sp³-hybridized carbons (Fsp3) is 0.455. The standard InChI is InChI=1S/C11H14F3NO2S/c1-16-9-5-8(6-10(7-9)17-2)15-3-4-18-11(12,13)14/h5-7,15H,3-4H2,1-2H3. The zero-order valence-electron chi connectivity index (χ0n) is 10.0. The van der Waals surface area contributed by atoms with E-state index in [0.717, 1.165) is 0 Å². The number of halogens is 3. The molecule has 0 bridgehead atoms. The third-order valence-electron chi connectivity index (χ3n) is 2.05. The normalized spacial score (nSPS) is 11.2. The van der Waals surface area contributed by atoms with Crippen LogP contribution in [0.15, 0.2) is 18.2 Å². The maximum absolute atomic E-state index is 11.9. The van der Waals surface area contributed by atoms with Crippen molar-refractivity contribution < 1.29 is 22.6 Å². The van der Waals surface area contributed by atoms with E-state index in [0.29, 0.717) is 17.2 Å². The molecule has 0 saturated heterocycles. The van der Waals surface area contributed by atoms with Gasteiger partial charge in [0.1, 0.15) is 11.5 Å². The zero-order chi connectivity index (χ0) is 13.6. The van der Waals surface area contributed by atoms with Crippen LogP contribution in [0.1, 0.15) is 0 Å². The minimum absolute atomic E-state index is 0.0523. The lowest BCUT2D eigenvalue weighted by molar-refractivity contribution is -0.0327. The van der Waals surface area contributed by atoms with Gasteiger partial charge in [0.2, 0.25) is 0 Å². The number of rotatable bonds is 6. The molecule has 1 rings (SSSR count). The summed E-state index contributed by atoms with van der Waals surface area (Å²) in [5.74, 6) is 1.11. The molecule has 18 heavy (non-hydrogen) atoms. The molecule has 0 aliphatic heterocycles. The Morgan fingerprint density at radius 3 is 2.11 bits per heavy atom. The fourth-order valence-corrected chi connectivity index (χ4v) is 1.71. The number of ether oxygens (including phenoxy) is 2. The predicted octanol–water partition coefficient (Wildman–Crippen LogP) is 3.37. The van der Waals surface area contributed by atoms with Crippen molar-refractivity contribution in [2.24, 2.45) is 0 Å². The molecule has 1 aromatic carbocycles. The van der Waals surface area contributed by atoms with Crippen LogP contribution in [0.4, 0.5) is 18.9 Å². The Morgan fingerprint density at radius 2 is 1.67 bits per heavy atom. The highest BCUT2D eigenvalue weighted by atomic mass is 32.2. The van der Waals surface area contributed by atoms with Crippen molar-refractivity contribution in [1.82, 2.24) is 0 Å². The van der Waals surface area contributed by atoms with E-state index in [1.807, 2.05) is 0 Å². The first-order valence-corrected chi connectivity index (χ1v) is 6.11. The summed E-state index contributed by atoms with van der Waals surface area (Å²) in [4.78, 5) is 0. The van der Waals surface area contributed by atoms with Crippen LogP contribution in [-0.2, 0) is 0 Å². The predicted molar refractivity (Wildman–Crippen MR) is 66.5 cm³/mol. The topological polar surface area (TPSA) is 30.5 Å². The SMILES string of the molecule is COc1cc(NCCSC(F)(F)F)cc(OC)c1. The fourth-order valence-electron chi connectivity index (χ4n) is 1.27. The van der Waals surface area contributed by atoms with Gasteiger partial charge in [-0.3, -0.25) is 0 Å². The third kappa shape index (κ3) is 5.39. The highest BCUT2D eigenvalue weighted by molar-refractivity contribution is 8.00. The molecule has 7 heteroatoms. The highest BCUT2D eigenvalue weighted by Crippen LogP contribution is 2.30. The molecule has 0 unspecified atom stereocenters. The number of alkyl halides is 3. The average Bonchev–Trinajstić information content (AvgIpc) is 2.33. The monoisotopic (exact) mass is 281 g/mol. The third-order valence-corrected chi connectivity index (χ3v) is 2.78. The number of nitrogens with one attached hydrogen (secondary N) is 1. The minimum atomic E-state index is -4.19. The zero-order valence-corrected chi connectivity index (χ0v) is 10.8. The maximum Gasteiger partial charge on any atom is 0.441 e. The van der Waals surface area contributed by atoms with Crippen molar-refractivity contribution in [2.45, 2.75) is 5.51 Å². The van der Waals surface area contributed by atoms with Crippen LogP contribution in [0.25, 0.3) is 0 Å². The van der Waals surface area contributed by atoms with Gasteiger partial charge >= 0.3 is 5.51 Å². The van der Waals surface area contributed by atoms with Crippen LogP contribution in [0.3, 0.4) is 0 Å². The molecule has 0 aromatic heterocycles. The Hall–Kier alpha value is -1.24. The Labute approximate surface area is 108 Å². The van der Waals surface area contributed by atoms with Crippen LogP contribution in [-0.4, -0.2) is 32.0 Å². The summed E-state index contributed by atoms with van der Waals surface area (Å²) in [5, 5.41) is 2.89. The van der Waals surface area contributed by atoms with Gasteiger partial charge in [0, 0.05) is 36.2 Å². The van der Waals surface area contributed by atoms with Gasteiger partial charge in [0.25, 0.3) is 0 Å². The molecule has 0 spiro atoms. The Balaban J connectivity index is 2.51.